The second-order valence-corrected chi connectivity index (χ2v) is 7.32. The van der Waals surface area contributed by atoms with Crippen LogP contribution in [-0.2, 0) is 13.1 Å². The van der Waals surface area contributed by atoms with Gasteiger partial charge < -0.3 is 16.4 Å². The van der Waals surface area contributed by atoms with Gasteiger partial charge in [0.1, 0.15) is 0 Å². The fraction of sp³-hybridized carbons (Fsp3) is 0.167. The molecule has 3 aromatic rings. The molecule has 0 unspecified atom stereocenters. The number of benzene rings is 3. The van der Waals surface area contributed by atoms with Gasteiger partial charge in [0, 0.05) is 29.9 Å². The van der Waals surface area contributed by atoms with Crippen molar-refractivity contribution in [2.24, 2.45) is 11.5 Å². The second-order valence-electron chi connectivity index (χ2n) is 7.32. The summed E-state index contributed by atoms with van der Waals surface area (Å²) in [7, 11) is 0. The number of nitrogens with two attached hydrogens (primary N) is 2. The third-order valence-electron chi connectivity index (χ3n) is 4.80. The van der Waals surface area contributed by atoms with Crippen LogP contribution in [0.2, 0.25) is 0 Å². The summed E-state index contributed by atoms with van der Waals surface area (Å²) < 4.78 is 0. The Morgan fingerprint density at radius 3 is 1.41 bits per heavy atom. The summed E-state index contributed by atoms with van der Waals surface area (Å²) in [5, 5.41) is 0. The van der Waals surface area contributed by atoms with Gasteiger partial charge in [0.15, 0.2) is 0 Å². The molecule has 0 fully saturated rings. The highest BCUT2D eigenvalue weighted by molar-refractivity contribution is 5.93. The van der Waals surface area contributed by atoms with Gasteiger partial charge in [0.2, 0.25) is 11.8 Å². The highest BCUT2D eigenvalue weighted by Crippen LogP contribution is 2.23. The molecule has 0 heterocycles. The SMILES string of the molecule is Cc1cc(C)cc(N(Cc2ccc(C(N)=O)cc2)Cc2ccc(C(N)=O)cc2)c1. The molecule has 0 aliphatic heterocycles. The van der Waals surface area contributed by atoms with Crippen LogP contribution in [0, 0.1) is 13.8 Å². The Morgan fingerprint density at radius 2 is 1.07 bits per heavy atom. The first-order valence-electron chi connectivity index (χ1n) is 9.42. The van der Waals surface area contributed by atoms with E-state index in [1.54, 1.807) is 24.3 Å². The molecule has 0 bridgehead atoms. The van der Waals surface area contributed by atoms with Crippen LogP contribution in [0.3, 0.4) is 0 Å². The van der Waals surface area contributed by atoms with Gasteiger partial charge >= 0.3 is 0 Å². The number of nitrogens with zero attached hydrogens (tertiary/aromatic N) is 1. The van der Waals surface area contributed by atoms with E-state index in [9.17, 15) is 9.59 Å². The molecule has 2 amide bonds. The highest BCUT2D eigenvalue weighted by atomic mass is 16.1. The summed E-state index contributed by atoms with van der Waals surface area (Å²) >= 11 is 0. The molecule has 29 heavy (non-hydrogen) atoms. The van der Waals surface area contributed by atoms with Crippen LogP contribution in [0.4, 0.5) is 5.69 Å². The molecule has 0 aliphatic rings. The summed E-state index contributed by atoms with van der Waals surface area (Å²) in [5.41, 5.74) is 17.3. The van der Waals surface area contributed by atoms with Gasteiger partial charge in [-0.1, -0.05) is 30.3 Å². The average molecular weight is 387 g/mol. The largest absolute Gasteiger partial charge is 0.366 e. The van der Waals surface area contributed by atoms with E-state index in [-0.39, 0.29) is 0 Å². The van der Waals surface area contributed by atoms with Crippen molar-refractivity contribution >= 4 is 17.5 Å². The van der Waals surface area contributed by atoms with Crippen molar-refractivity contribution in [2.45, 2.75) is 26.9 Å². The number of hydrogen-bond acceptors (Lipinski definition) is 3. The topological polar surface area (TPSA) is 89.4 Å². The molecular weight excluding hydrogens is 362 g/mol. The molecule has 3 aromatic carbocycles. The van der Waals surface area contributed by atoms with Crippen LogP contribution in [0.1, 0.15) is 43.0 Å². The zero-order valence-corrected chi connectivity index (χ0v) is 16.7. The van der Waals surface area contributed by atoms with Gasteiger partial charge in [-0.15, -0.1) is 0 Å². The Balaban J connectivity index is 1.90. The van der Waals surface area contributed by atoms with Crippen LogP contribution in [-0.4, -0.2) is 11.8 Å². The molecule has 5 heteroatoms. The molecule has 0 atom stereocenters. The van der Waals surface area contributed by atoms with Crippen LogP contribution in [0.5, 0.6) is 0 Å². The van der Waals surface area contributed by atoms with E-state index >= 15 is 0 Å². The molecule has 0 radical (unpaired) electrons. The number of anilines is 1. The lowest BCUT2D eigenvalue weighted by Crippen LogP contribution is -2.22. The van der Waals surface area contributed by atoms with Gasteiger partial charge in [0.25, 0.3) is 0 Å². The smallest absolute Gasteiger partial charge is 0.248 e. The number of amides is 2. The molecule has 0 aliphatic carbocycles. The fourth-order valence-electron chi connectivity index (χ4n) is 3.36. The molecule has 0 saturated carbocycles. The van der Waals surface area contributed by atoms with E-state index in [2.05, 4.69) is 36.9 Å². The average Bonchev–Trinajstić information content (AvgIpc) is 2.67. The van der Waals surface area contributed by atoms with Crippen LogP contribution < -0.4 is 16.4 Å². The third-order valence-corrected chi connectivity index (χ3v) is 4.80. The monoisotopic (exact) mass is 387 g/mol. The van der Waals surface area contributed by atoms with Gasteiger partial charge in [-0.3, -0.25) is 9.59 Å². The minimum absolute atomic E-state index is 0.433. The third kappa shape index (κ3) is 5.23. The van der Waals surface area contributed by atoms with E-state index < -0.39 is 11.8 Å². The summed E-state index contributed by atoms with van der Waals surface area (Å²) in [4.78, 5) is 24.9. The number of hydrogen-bond donors (Lipinski definition) is 2. The number of rotatable bonds is 7. The van der Waals surface area contributed by atoms with Crippen molar-refractivity contribution in [2.75, 3.05) is 4.90 Å². The quantitative estimate of drug-likeness (QED) is 0.648. The summed E-state index contributed by atoms with van der Waals surface area (Å²) in [6.45, 7) is 5.50. The Labute approximate surface area is 170 Å². The van der Waals surface area contributed by atoms with E-state index in [1.807, 2.05) is 24.3 Å². The molecule has 0 aromatic heterocycles. The van der Waals surface area contributed by atoms with Crippen molar-refractivity contribution in [3.63, 3.8) is 0 Å². The standard InChI is InChI=1S/C24H25N3O2/c1-16-11-17(2)13-22(12-16)27(14-18-3-7-20(8-4-18)23(25)28)15-19-5-9-21(10-6-19)24(26)29/h3-13H,14-15H2,1-2H3,(H2,25,28)(H2,26,29). The number of carbonyl (C=O) groups excluding carboxylic acids is 2. The van der Waals surface area contributed by atoms with Crippen molar-refractivity contribution in [3.05, 3.63) is 100 Å². The second kappa shape index (κ2) is 8.61. The van der Waals surface area contributed by atoms with E-state index in [1.165, 1.54) is 11.1 Å². The maximum absolute atomic E-state index is 11.3. The summed E-state index contributed by atoms with van der Waals surface area (Å²) in [6, 6.07) is 21.1. The van der Waals surface area contributed by atoms with Crippen molar-refractivity contribution < 1.29 is 9.59 Å². The van der Waals surface area contributed by atoms with E-state index in [0.29, 0.717) is 24.2 Å². The van der Waals surface area contributed by atoms with Crippen LogP contribution >= 0.6 is 0 Å². The summed E-state index contributed by atoms with van der Waals surface area (Å²) in [5.74, 6) is -0.866. The molecule has 4 N–H and O–H groups in total. The zero-order chi connectivity index (χ0) is 21.0. The van der Waals surface area contributed by atoms with Crippen molar-refractivity contribution in [1.29, 1.82) is 0 Å². The van der Waals surface area contributed by atoms with Gasteiger partial charge in [0.05, 0.1) is 0 Å². The maximum atomic E-state index is 11.3. The lowest BCUT2D eigenvalue weighted by Gasteiger charge is -2.26. The number of primary amides is 2. The minimum Gasteiger partial charge on any atom is -0.366 e. The normalized spacial score (nSPS) is 10.6. The Hall–Kier alpha value is -3.60. The molecule has 5 nitrogen and oxygen atoms in total. The van der Waals surface area contributed by atoms with E-state index in [0.717, 1.165) is 16.8 Å². The minimum atomic E-state index is -0.433. The fourth-order valence-corrected chi connectivity index (χ4v) is 3.36. The van der Waals surface area contributed by atoms with Gasteiger partial charge in [-0.05, 0) is 72.5 Å². The lowest BCUT2D eigenvalue weighted by molar-refractivity contribution is 0.0992. The first kappa shape index (κ1) is 20.1. The maximum Gasteiger partial charge on any atom is 0.248 e. The number of carbonyl (C=O) groups is 2. The highest BCUT2D eigenvalue weighted by Gasteiger charge is 2.11. The molecule has 0 saturated heterocycles. The van der Waals surface area contributed by atoms with Crippen LogP contribution in [0.25, 0.3) is 0 Å². The van der Waals surface area contributed by atoms with Crippen LogP contribution in [0.15, 0.2) is 66.7 Å². The molecule has 148 valence electrons. The number of aryl methyl sites for hydroxylation is 2. The lowest BCUT2D eigenvalue weighted by atomic mass is 10.1. The summed E-state index contributed by atoms with van der Waals surface area (Å²) in [6.07, 6.45) is 0. The molecular formula is C24H25N3O2. The predicted molar refractivity (Wildman–Crippen MR) is 116 cm³/mol. The van der Waals surface area contributed by atoms with Crippen molar-refractivity contribution in [1.82, 2.24) is 0 Å². The Morgan fingerprint density at radius 1 is 0.690 bits per heavy atom. The Kier molecular flexibility index (Phi) is 5.98. The van der Waals surface area contributed by atoms with Crippen molar-refractivity contribution in [3.8, 4) is 0 Å². The molecule has 0 spiro atoms. The zero-order valence-electron chi connectivity index (χ0n) is 16.7. The first-order valence-corrected chi connectivity index (χ1v) is 9.42. The first-order chi connectivity index (χ1) is 13.8. The Bertz CT molecular complexity index is 945. The van der Waals surface area contributed by atoms with E-state index in [4.69, 9.17) is 11.5 Å². The van der Waals surface area contributed by atoms with Gasteiger partial charge in [-0.2, -0.15) is 0 Å². The predicted octanol–water partition coefficient (Wildman–Crippen LogP) is 3.71. The van der Waals surface area contributed by atoms with Gasteiger partial charge in [-0.25, -0.2) is 0 Å². The molecule has 3 rings (SSSR count).